The molecule has 0 aromatic heterocycles. The Morgan fingerprint density at radius 1 is 1.47 bits per heavy atom. The van der Waals surface area contributed by atoms with Gasteiger partial charge < -0.3 is 22.2 Å². The van der Waals surface area contributed by atoms with Crippen LogP contribution in [-0.4, -0.2) is 24.1 Å². The molecular weight excluding hydrogens is 214 g/mol. The minimum Gasteiger partial charge on any atom is -0.397 e. The predicted molar refractivity (Wildman–Crippen MR) is 71.3 cm³/mol. The van der Waals surface area contributed by atoms with Crippen LogP contribution in [0.3, 0.4) is 0 Å². The molecule has 5 nitrogen and oxygen atoms in total. The summed E-state index contributed by atoms with van der Waals surface area (Å²) in [7, 11) is 0. The van der Waals surface area contributed by atoms with Crippen LogP contribution in [0.2, 0.25) is 0 Å². The van der Waals surface area contributed by atoms with Crippen LogP contribution in [0.25, 0.3) is 0 Å². The molecule has 1 aliphatic carbocycles. The summed E-state index contributed by atoms with van der Waals surface area (Å²) < 4.78 is 0. The maximum absolute atomic E-state index is 5.97. The smallest absolute Gasteiger partial charge is 0.0523 e. The number of hydrogen-bond donors (Lipinski definition) is 4. The van der Waals surface area contributed by atoms with E-state index in [1.165, 1.54) is 0 Å². The molecular formula is C12H23N5. The lowest BCUT2D eigenvalue weighted by Crippen LogP contribution is -2.29. The standard InChI is InChI=1S/C12H23N5/c13-6-1-2-7-17(16)9-12(15)10-4-3-5-11(14)8-10/h3-5,9,11H,1-2,6-8,13-16H2/b12-9-. The van der Waals surface area contributed by atoms with Gasteiger partial charge in [0.2, 0.25) is 0 Å². The predicted octanol–water partition coefficient (Wildman–Crippen LogP) is -0.0853. The first kappa shape index (κ1) is 13.8. The third-order valence-corrected chi connectivity index (χ3v) is 2.66. The fraction of sp³-hybridized carbons (Fsp3) is 0.500. The largest absolute Gasteiger partial charge is 0.397 e. The molecule has 0 aliphatic heterocycles. The van der Waals surface area contributed by atoms with Crippen molar-refractivity contribution in [3.8, 4) is 0 Å². The lowest BCUT2D eigenvalue weighted by molar-refractivity contribution is 0.379. The van der Waals surface area contributed by atoms with Gasteiger partial charge in [-0.05, 0) is 31.4 Å². The molecule has 0 saturated carbocycles. The zero-order valence-corrected chi connectivity index (χ0v) is 10.2. The van der Waals surface area contributed by atoms with Crippen molar-refractivity contribution in [1.82, 2.24) is 5.01 Å². The van der Waals surface area contributed by atoms with Gasteiger partial charge in [-0.3, -0.25) is 0 Å². The van der Waals surface area contributed by atoms with E-state index in [1.807, 2.05) is 18.2 Å². The molecule has 0 saturated heterocycles. The van der Waals surface area contributed by atoms with Crippen LogP contribution in [0.1, 0.15) is 19.3 Å². The van der Waals surface area contributed by atoms with E-state index in [0.717, 1.165) is 31.4 Å². The third-order valence-electron chi connectivity index (χ3n) is 2.66. The lowest BCUT2D eigenvalue weighted by atomic mass is 9.99. The van der Waals surface area contributed by atoms with Crippen molar-refractivity contribution >= 4 is 0 Å². The number of hydrazine groups is 1. The Morgan fingerprint density at radius 3 is 2.88 bits per heavy atom. The van der Waals surface area contributed by atoms with Gasteiger partial charge in [0.1, 0.15) is 0 Å². The fourth-order valence-electron chi connectivity index (χ4n) is 1.68. The van der Waals surface area contributed by atoms with Gasteiger partial charge >= 0.3 is 0 Å². The van der Waals surface area contributed by atoms with E-state index in [9.17, 15) is 0 Å². The number of nitrogens with zero attached hydrogens (tertiary/aromatic N) is 1. The van der Waals surface area contributed by atoms with Gasteiger partial charge in [0, 0.05) is 18.8 Å². The van der Waals surface area contributed by atoms with Crippen molar-refractivity contribution in [3.63, 3.8) is 0 Å². The average Bonchev–Trinajstić information content (AvgIpc) is 2.29. The van der Waals surface area contributed by atoms with Crippen molar-refractivity contribution < 1.29 is 0 Å². The van der Waals surface area contributed by atoms with E-state index in [-0.39, 0.29) is 6.04 Å². The second kappa shape index (κ2) is 7.11. The van der Waals surface area contributed by atoms with E-state index >= 15 is 0 Å². The Bertz CT molecular complexity index is 319. The van der Waals surface area contributed by atoms with E-state index < -0.39 is 0 Å². The van der Waals surface area contributed by atoms with E-state index in [4.69, 9.17) is 23.0 Å². The van der Waals surface area contributed by atoms with Crippen LogP contribution >= 0.6 is 0 Å². The van der Waals surface area contributed by atoms with Crippen LogP contribution in [0.4, 0.5) is 0 Å². The molecule has 0 fully saturated rings. The van der Waals surface area contributed by atoms with Crippen LogP contribution in [0.5, 0.6) is 0 Å². The maximum Gasteiger partial charge on any atom is 0.0523 e. The lowest BCUT2D eigenvalue weighted by Gasteiger charge is -2.18. The van der Waals surface area contributed by atoms with Crippen LogP contribution < -0.4 is 23.0 Å². The molecule has 1 aliphatic rings. The normalized spacial score (nSPS) is 20.3. The van der Waals surface area contributed by atoms with Gasteiger partial charge in [0.15, 0.2) is 0 Å². The highest BCUT2D eigenvalue weighted by Crippen LogP contribution is 2.16. The number of nitrogens with two attached hydrogens (primary N) is 4. The number of unbranched alkanes of at least 4 members (excludes halogenated alkanes) is 1. The quantitative estimate of drug-likeness (QED) is 0.293. The van der Waals surface area contributed by atoms with Crippen molar-refractivity contribution in [2.75, 3.05) is 13.1 Å². The van der Waals surface area contributed by atoms with Gasteiger partial charge in [-0.2, -0.15) is 0 Å². The first-order chi connectivity index (χ1) is 8.13. The summed E-state index contributed by atoms with van der Waals surface area (Å²) >= 11 is 0. The number of rotatable bonds is 6. The Labute approximate surface area is 103 Å². The summed E-state index contributed by atoms with van der Waals surface area (Å²) in [6.45, 7) is 1.45. The summed E-state index contributed by atoms with van der Waals surface area (Å²) in [5.74, 6) is 5.82. The molecule has 1 atom stereocenters. The molecule has 96 valence electrons. The third kappa shape index (κ3) is 5.04. The summed E-state index contributed by atoms with van der Waals surface area (Å²) in [5, 5.41) is 1.61. The van der Waals surface area contributed by atoms with Gasteiger partial charge in [-0.1, -0.05) is 18.2 Å². The van der Waals surface area contributed by atoms with E-state index in [2.05, 4.69) is 0 Å². The van der Waals surface area contributed by atoms with Gasteiger partial charge in [-0.25, -0.2) is 5.84 Å². The first-order valence-corrected chi connectivity index (χ1v) is 5.95. The van der Waals surface area contributed by atoms with E-state index in [1.54, 1.807) is 11.2 Å². The summed E-state index contributed by atoms with van der Waals surface area (Å²) in [6.07, 6.45) is 10.3. The zero-order valence-electron chi connectivity index (χ0n) is 10.2. The molecule has 0 aromatic rings. The second-order valence-electron chi connectivity index (χ2n) is 4.26. The summed E-state index contributed by atoms with van der Waals surface area (Å²) in [4.78, 5) is 0. The molecule has 0 heterocycles. The van der Waals surface area contributed by atoms with Crippen molar-refractivity contribution in [1.29, 1.82) is 0 Å². The molecule has 0 radical (unpaired) electrons. The maximum atomic E-state index is 5.97. The molecule has 17 heavy (non-hydrogen) atoms. The Hall–Kier alpha value is -1.30. The SMILES string of the molecule is NCCCCN(N)/C=C(\N)C1=CC=CC(N)C1. The Balaban J connectivity index is 2.47. The first-order valence-electron chi connectivity index (χ1n) is 5.95. The van der Waals surface area contributed by atoms with Crippen LogP contribution in [0.15, 0.2) is 35.7 Å². The monoisotopic (exact) mass is 237 g/mol. The molecule has 0 spiro atoms. The average molecular weight is 237 g/mol. The van der Waals surface area contributed by atoms with Gasteiger partial charge in [0.25, 0.3) is 0 Å². The van der Waals surface area contributed by atoms with Crippen LogP contribution in [0, 0.1) is 0 Å². The van der Waals surface area contributed by atoms with Crippen molar-refractivity contribution in [2.24, 2.45) is 23.0 Å². The molecule has 0 amide bonds. The molecule has 0 aromatic carbocycles. The fourth-order valence-corrected chi connectivity index (χ4v) is 1.68. The van der Waals surface area contributed by atoms with Crippen molar-refractivity contribution in [2.45, 2.75) is 25.3 Å². The van der Waals surface area contributed by atoms with E-state index in [0.29, 0.717) is 12.2 Å². The molecule has 0 bridgehead atoms. The van der Waals surface area contributed by atoms with Gasteiger partial charge in [-0.15, -0.1) is 0 Å². The molecule has 8 N–H and O–H groups in total. The molecule has 5 heteroatoms. The highest BCUT2D eigenvalue weighted by atomic mass is 15.4. The topological polar surface area (TPSA) is 107 Å². The van der Waals surface area contributed by atoms with Crippen LogP contribution in [-0.2, 0) is 0 Å². The Morgan fingerprint density at radius 2 is 2.24 bits per heavy atom. The Kier molecular flexibility index (Phi) is 5.76. The summed E-state index contributed by atoms with van der Waals surface area (Å²) in [5.41, 5.74) is 18.9. The highest BCUT2D eigenvalue weighted by Gasteiger charge is 2.09. The minimum atomic E-state index is 0.0467. The zero-order chi connectivity index (χ0) is 12.7. The highest BCUT2D eigenvalue weighted by molar-refractivity contribution is 5.35. The number of allylic oxidation sites excluding steroid dienone is 3. The van der Waals surface area contributed by atoms with Gasteiger partial charge in [0.05, 0.1) is 5.70 Å². The molecule has 1 unspecified atom stereocenters. The van der Waals surface area contributed by atoms with Crippen molar-refractivity contribution in [3.05, 3.63) is 35.7 Å². The molecule has 1 rings (SSSR count). The number of hydrogen-bond acceptors (Lipinski definition) is 5. The summed E-state index contributed by atoms with van der Waals surface area (Å²) in [6, 6.07) is 0.0467. The minimum absolute atomic E-state index is 0.0467. The second-order valence-corrected chi connectivity index (χ2v) is 4.26.